The molecule has 0 unspecified atom stereocenters. The predicted octanol–water partition coefficient (Wildman–Crippen LogP) is 1.31. The molecule has 80 valence electrons. The molecule has 0 aliphatic rings. The molecule has 0 amide bonds. The molecule has 6 heteroatoms. The average molecular weight is 202 g/mol. The van der Waals surface area contributed by atoms with Crippen molar-refractivity contribution in [3.8, 4) is 0 Å². The molecule has 3 nitrogen and oxygen atoms in total. The molecule has 0 aliphatic heterocycles. The second kappa shape index (κ2) is 5.41. The van der Waals surface area contributed by atoms with Gasteiger partial charge in [0.15, 0.2) is 6.29 Å². The van der Waals surface area contributed by atoms with Gasteiger partial charge in [-0.05, 0) is 13.8 Å². The molecule has 0 radical (unpaired) electrons. The number of alkyl halides is 3. The maximum absolute atomic E-state index is 11.9. The van der Waals surface area contributed by atoms with E-state index in [0.717, 1.165) is 0 Å². The second-order valence-electron chi connectivity index (χ2n) is 2.27. The molecule has 0 fully saturated rings. The van der Waals surface area contributed by atoms with Crippen LogP contribution in [0, 0.1) is 0 Å². The smallest absolute Gasteiger partial charge is 0.380 e. The summed E-state index contributed by atoms with van der Waals surface area (Å²) in [6.45, 7) is 3.15. The van der Waals surface area contributed by atoms with Crippen molar-refractivity contribution < 1.29 is 27.8 Å². The Hall–Kier alpha value is -0.330. The molecule has 0 bridgehead atoms. The van der Waals surface area contributed by atoms with Gasteiger partial charge >= 0.3 is 6.18 Å². The van der Waals surface area contributed by atoms with Crippen LogP contribution in [0.15, 0.2) is 0 Å². The van der Waals surface area contributed by atoms with Crippen molar-refractivity contribution in [2.45, 2.75) is 32.4 Å². The van der Waals surface area contributed by atoms with Crippen LogP contribution in [0.3, 0.4) is 0 Å². The molecule has 13 heavy (non-hydrogen) atoms. The molecule has 0 aromatic heterocycles. The van der Waals surface area contributed by atoms with E-state index in [2.05, 4.69) is 9.47 Å². The topological polar surface area (TPSA) is 38.7 Å². The first kappa shape index (κ1) is 12.7. The Bertz CT molecular complexity index is 131. The Balaban J connectivity index is 4.18. The van der Waals surface area contributed by atoms with Gasteiger partial charge < -0.3 is 14.6 Å². The minimum absolute atomic E-state index is 0.0534. The number of halogens is 3. The van der Waals surface area contributed by atoms with Crippen molar-refractivity contribution in [3.63, 3.8) is 0 Å². The monoisotopic (exact) mass is 202 g/mol. The van der Waals surface area contributed by atoms with Gasteiger partial charge in [0.1, 0.15) is 0 Å². The lowest BCUT2D eigenvalue weighted by Crippen LogP contribution is -2.42. The summed E-state index contributed by atoms with van der Waals surface area (Å²) >= 11 is 0. The van der Waals surface area contributed by atoms with Gasteiger partial charge in [-0.25, -0.2) is 0 Å². The molecule has 0 spiro atoms. The largest absolute Gasteiger partial charge is 0.419 e. The maximum atomic E-state index is 11.9. The minimum Gasteiger partial charge on any atom is -0.380 e. The minimum atomic E-state index is -4.71. The van der Waals surface area contributed by atoms with Crippen molar-refractivity contribution in [2.75, 3.05) is 13.2 Å². The van der Waals surface area contributed by atoms with Crippen LogP contribution in [-0.4, -0.2) is 36.9 Å². The van der Waals surface area contributed by atoms with Gasteiger partial charge in [-0.1, -0.05) is 0 Å². The van der Waals surface area contributed by atoms with E-state index >= 15 is 0 Å². The van der Waals surface area contributed by atoms with Crippen molar-refractivity contribution in [3.05, 3.63) is 0 Å². The Labute approximate surface area is 74.4 Å². The lowest BCUT2D eigenvalue weighted by Gasteiger charge is -2.24. The Morgan fingerprint density at radius 2 is 1.54 bits per heavy atom. The first-order valence-corrected chi connectivity index (χ1v) is 3.91. The van der Waals surface area contributed by atoms with E-state index in [0.29, 0.717) is 0 Å². The highest BCUT2D eigenvalue weighted by molar-refractivity contribution is 4.69. The summed E-state index contributed by atoms with van der Waals surface area (Å²) in [7, 11) is 0. The van der Waals surface area contributed by atoms with E-state index in [4.69, 9.17) is 5.11 Å². The zero-order valence-electron chi connectivity index (χ0n) is 7.47. The number of hydrogen-bond donors (Lipinski definition) is 1. The highest BCUT2D eigenvalue weighted by Crippen LogP contribution is 2.24. The fourth-order valence-corrected chi connectivity index (χ4v) is 0.713. The lowest BCUT2D eigenvalue weighted by molar-refractivity contribution is -0.288. The van der Waals surface area contributed by atoms with Crippen LogP contribution >= 0.6 is 0 Å². The van der Waals surface area contributed by atoms with Gasteiger partial charge in [0.2, 0.25) is 6.10 Å². The van der Waals surface area contributed by atoms with Gasteiger partial charge in [0.05, 0.1) is 0 Å². The molecule has 0 aliphatic carbocycles. The average Bonchev–Trinajstić information content (AvgIpc) is 2.01. The highest BCUT2D eigenvalue weighted by Gasteiger charge is 2.44. The van der Waals surface area contributed by atoms with Crippen LogP contribution < -0.4 is 0 Å². The van der Waals surface area contributed by atoms with Gasteiger partial charge in [-0.3, -0.25) is 0 Å². The fourth-order valence-electron chi connectivity index (χ4n) is 0.713. The SMILES string of the molecule is CCOC(OCC)[C@@H](O)C(F)(F)F. The summed E-state index contributed by atoms with van der Waals surface area (Å²) < 4.78 is 45.0. The third-order valence-corrected chi connectivity index (χ3v) is 1.26. The Morgan fingerprint density at radius 3 is 1.77 bits per heavy atom. The van der Waals surface area contributed by atoms with Crippen molar-refractivity contribution in [2.24, 2.45) is 0 Å². The number of aliphatic hydroxyl groups is 1. The fraction of sp³-hybridized carbons (Fsp3) is 1.00. The molecule has 1 atom stereocenters. The zero-order chi connectivity index (χ0) is 10.5. The molecular formula is C7H13F3O3. The maximum Gasteiger partial charge on any atom is 0.419 e. The van der Waals surface area contributed by atoms with Crippen molar-refractivity contribution >= 4 is 0 Å². The van der Waals surface area contributed by atoms with E-state index in [1.807, 2.05) is 0 Å². The van der Waals surface area contributed by atoms with E-state index in [1.165, 1.54) is 13.8 Å². The normalized spacial score (nSPS) is 15.0. The van der Waals surface area contributed by atoms with Gasteiger partial charge in [0, 0.05) is 13.2 Å². The van der Waals surface area contributed by atoms with Crippen molar-refractivity contribution in [1.82, 2.24) is 0 Å². The molecule has 0 aromatic rings. The van der Waals surface area contributed by atoms with E-state index in [-0.39, 0.29) is 13.2 Å². The van der Waals surface area contributed by atoms with Crippen LogP contribution in [0.1, 0.15) is 13.8 Å². The lowest BCUT2D eigenvalue weighted by atomic mass is 10.3. The van der Waals surface area contributed by atoms with Crippen molar-refractivity contribution in [1.29, 1.82) is 0 Å². The quantitative estimate of drug-likeness (QED) is 0.683. The first-order chi connectivity index (χ1) is 5.93. The zero-order valence-corrected chi connectivity index (χ0v) is 7.47. The molecule has 0 heterocycles. The van der Waals surface area contributed by atoms with Crippen LogP contribution in [0.2, 0.25) is 0 Å². The summed E-state index contributed by atoms with van der Waals surface area (Å²) in [5, 5.41) is 8.73. The first-order valence-electron chi connectivity index (χ1n) is 3.91. The Morgan fingerprint density at radius 1 is 1.15 bits per heavy atom. The molecule has 0 saturated heterocycles. The summed E-state index contributed by atoms with van der Waals surface area (Å²) in [4.78, 5) is 0. The van der Waals surface area contributed by atoms with E-state index in [1.54, 1.807) is 0 Å². The van der Waals surface area contributed by atoms with Gasteiger partial charge in [-0.15, -0.1) is 0 Å². The Kier molecular flexibility index (Phi) is 5.27. The van der Waals surface area contributed by atoms with Gasteiger partial charge in [-0.2, -0.15) is 13.2 Å². The highest BCUT2D eigenvalue weighted by atomic mass is 19.4. The molecular weight excluding hydrogens is 189 g/mol. The standard InChI is InChI=1S/C7H13F3O3/c1-3-12-6(13-4-2)5(11)7(8,9)10/h5-6,11H,3-4H2,1-2H3/t5-/m1/s1. The summed E-state index contributed by atoms with van der Waals surface area (Å²) in [5.41, 5.74) is 0. The number of ether oxygens (including phenoxy) is 2. The second-order valence-corrected chi connectivity index (χ2v) is 2.27. The summed E-state index contributed by atoms with van der Waals surface area (Å²) in [5.74, 6) is 0. The van der Waals surface area contributed by atoms with Crippen LogP contribution in [-0.2, 0) is 9.47 Å². The van der Waals surface area contributed by atoms with E-state index in [9.17, 15) is 13.2 Å². The molecule has 0 saturated carbocycles. The van der Waals surface area contributed by atoms with Crippen LogP contribution in [0.4, 0.5) is 13.2 Å². The third-order valence-electron chi connectivity index (χ3n) is 1.26. The third kappa shape index (κ3) is 4.44. The molecule has 1 N–H and O–H groups in total. The van der Waals surface area contributed by atoms with Crippen LogP contribution in [0.25, 0.3) is 0 Å². The summed E-state index contributed by atoms with van der Waals surface area (Å²) in [6.07, 6.45) is -8.93. The van der Waals surface area contributed by atoms with E-state index < -0.39 is 18.6 Å². The number of rotatable bonds is 5. The molecule has 0 rings (SSSR count). The number of hydrogen-bond acceptors (Lipinski definition) is 3. The summed E-state index contributed by atoms with van der Waals surface area (Å²) in [6, 6.07) is 0. The number of aliphatic hydroxyl groups excluding tert-OH is 1. The van der Waals surface area contributed by atoms with Crippen LogP contribution in [0.5, 0.6) is 0 Å². The predicted molar refractivity (Wildman–Crippen MR) is 39.1 cm³/mol. The van der Waals surface area contributed by atoms with Gasteiger partial charge in [0.25, 0.3) is 0 Å². The molecule has 0 aromatic carbocycles.